The molecule has 90 valence electrons. The van der Waals surface area contributed by atoms with Crippen LogP contribution in [-0.2, 0) is 4.79 Å². The van der Waals surface area contributed by atoms with Crippen molar-refractivity contribution in [3.05, 3.63) is 35.9 Å². The summed E-state index contributed by atoms with van der Waals surface area (Å²) in [4.78, 5) is 13.1. The Kier molecular flexibility index (Phi) is 3.81. The van der Waals surface area contributed by atoms with Crippen molar-refractivity contribution in [2.75, 3.05) is 18.0 Å². The third kappa shape index (κ3) is 3.34. The molecule has 2 N–H and O–H groups in total. The zero-order valence-corrected chi connectivity index (χ0v) is 9.93. The molecule has 0 bridgehead atoms. The molecule has 3 heteroatoms. The molecule has 1 heterocycles. The van der Waals surface area contributed by atoms with Crippen LogP contribution in [0.25, 0.3) is 6.08 Å². The molecule has 0 saturated carbocycles. The molecule has 1 saturated heterocycles. The van der Waals surface area contributed by atoms with Gasteiger partial charge in [-0.2, -0.15) is 0 Å². The minimum Gasteiger partial charge on any atom is -0.372 e. The SMILES string of the molecule is NC(=O)C=Cc1cccc(N2CCCCC2)c1. The average molecular weight is 230 g/mol. The van der Waals surface area contributed by atoms with Gasteiger partial charge in [0.15, 0.2) is 0 Å². The van der Waals surface area contributed by atoms with Crippen LogP contribution >= 0.6 is 0 Å². The molecule has 1 aliphatic rings. The second-order valence-corrected chi connectivity index (χ2v) is 4.38. The summed E-state index contributed by atoms with van der Waals surface area (Å²) in [6.45, 7) is 2.26. The minimum atomic E-state index is -0.409. The number of carbonyl (C=O) groups is 1. The number of primary amides is 1. The van der Waals surface area contributed by atoms with E-state index >= 15 is 0 Å². The highest BCUT2D eigenvalue weighted by Crippen LogP contribution is 2.21. The Balaban J connectivity index is 2.12. The van der Waals surface area contributed by atoms with Crippen LogP contribution in [0.15, 0.2) is 30.3 Å². The summed E-state index contributed by atoms with van der Waals surface area (Å²) in [6.07, 6.45) is 7.02. The smallest absolute Gasteiger partial charge is 0.241 e. The number of nitrogens with two attached hydrogens (primary N) is 1. The molecule has 17 heavy (non-hydrogen) atoms. The predicted octanol–water partition coefficient (Wildman–Crippen LogP) is 2.18. The van der Waals surface area contributed by atoms with E-state index in [2.05, 4.69) is 17.0 Å². The van der Waals surface area contributed by atoms with E-state index in [1.807, 2.05) is 12.1 Å². The van der Waals surface area contributed by atoms with E-state index in [1.54, 1.807) is 6.08 Å². The van der Waals surface area contributed by atoms with Gasteiger partial charge in [-0.25, -0.2) is 0 Å². The standard InChI is InChI=1S/C14H18N2O/c15-14(17)8-7-12-5-4-6-13(11-12)16-9-2-1-3-10-16/h4-8,11H,1-3,9-10H2,(H2,15,17). The van der Waals surface area contributed by atoms with Gasteiger partial charge in [-0.15, -0.1) is 0 Å². The van der Waals surface area contributed by atoms with Crippen molar-refractivity contribution in [1.29, 1.82) is 0 Å². The highest BCUT2D eigenvalue weighted by Gasteiger charge is 2.10. The topological polar surface area (TPSA) is 46.3 Å². The maximum absolute atomic E-state index is 10.7. The summed E-state index contributed by atoms with van der Waals surface area (Å²) in [5.74, 6) is -0.409. The summed E-state index contributed by atoms with van der Waals surface area (Å²) in [5, 5.41) is 0. The number of benzene rings is 1. The third-order valence-electron chi connectivity index (χ3n) is 3.03. The molecule has 1 aliphatic heterocycles. The van der Waals surface area contributed by atoms with Gasteiger partial charge in [0.2, 0.25) is 5.91 Å². The first-order valence-electron chi connectivity index (χ1n) is 6.08. The summed E-state index contributed by atoms with van der Waals surface area (Å²) in [6, 6.07) is 8.22. The van der Waals surface area contributed by atoms with Crippen molar-refractivity contribution in [2.45, 2.75) is 19.3 Å². The first kappa shape index (κ1) is 11.7. The van der Waals surface area contributed by atoms with Crippen LogP contribution in [0, 0.1) is 0 Å². The normalized spacial score (nSPS) is 16.4. The first-order chi connectivity index (χ1) is 8.25. The third-order valence-corrected chi connectivity index (χ3v) is 3.03. The molecule has 1 aromatic carbocycles. The van der Waals surface area contributed by atoms with Gasteiger partial charge in [0.05, 0.1) is 0 Å². The Labute approximate surface area is 102 Å². The Morgan fingerprint density at radius 2 is 2.00 bits per heavy atom. The lowest BCUT2D eigenvalue weighted by atomic mass is 10.1. The van der Waals surface area contributed by atoms with Gasteiger partial charge >= 0.3 is 0 Å². The predicted molar refractivity (Wildman–Crippen MR) is 70.7 cm³/mol. The minimum absolute atomic E-state index is 0.409. The van der Waals surface area contributed by atoms with Crippen molar-refractivity contribution in [3.63, 3.8) is 0 Å². The Morgan fingerprint density at radius 3 is 2.71 bits per heavy atom. The van der Waals surface area contributed by atoms with Crippen LogP contribution in [0.1, 0.15) is 24.8 Å². The monoisotopic (exact) mass is 230 g/mol. The molecule has 0 aliphatic carbocycles. The van der Waals surface area contributed by atoms with E-state index in [0.29, 0.717) is 0 Å². The van der Waals surface area contributed by atoms with Crippen molar-refractivity contribution in [2.24, 2.45) is 5.73 Å². The molecule has 0 atom stereocenters. The quantitative estimate of drug-likeness (QED) is 0.809. The molecule has 0 spiro atoms. The van der Waals surface area contributed by atoms with Gasteiger partial charge in [-0.1, -0.05) is 12.1 Å². The largest absolute Gasteiger partial charge is 0.372 e. The van der Waals surface area contributed by atoms with Gasteiger partial charge in [0.1, 0.15) is 0 Å². The molecule has 1 fully saturated rings. The maximum Gasteiger partial charge on any atom is 0.241 e. The summed E-state index contributed by atoms with van der Waals surface area (Å²) in [7, 11) is 0. The Bertz CT molecular complexity index is 420. The van der Waals surface area contributed by atoms with Crippen LogP contribution in [0.5, 0.6) is 0 Å². The second kappa shape index (κ2) is 5.53. The van der Waals surface area contributed by atoms with Gasteiger partial charge in [-0.05, 0) is 43.0 Å². The zero-order valence-electron chi connectivity index (χ0n) is 9.93. The van der Waals surface area contributed by atoms with Gasteiger partial charge in [-0.3, -0.25) is 4.79 Å². The summed E-state index contributed by atoms with van der Waals surface area (Å²) in [5.41, 5.74) is 7.34. The van der Waals surface area contributed by atoms with Crippen LogP contribution in [0.4, 0.5) is 5.69 Å². The fourth-order valence-corrected chi connectivity index (χ4v) is 2.16. The van der Waals surface area contributed by atoms with E-state index in [4.69, 9.17) is 5.73 Å². The van der Waals surface area contributed by atoms with Crippen LogP contribution in [0.2, 0.25) is 0 Å². The lowest BCUT2D eigenvalue weighted by molar-refractivity contribution is -0.113. The van der Waals surface area contributed by atoms with Crippen molar-refractivity contribution < 1.29 is 4.79 Å². The van der Waals surface area contributed by atoms with E-state index in [9.17, 15) is 4.79 Å². The number of hydrogen-bond acceptors (Lipinski definition) is 2. The summed E-state index contributed by atoms with van der Waals surface area (Å²) >= 11 is 0. The molecule has 1 aromatic rings. The molecule has 0 radical (unpaired) electrons. The number of nitrogens with zero attached hydrogens (tertiary/aromatic N) is 1. The Hall–Kier alpha value is -1.77. The van der Waals surface area contributed by atoms with Gasteiger partial charge in [0, 0.05) is 24.9 Å². The van der Waals surface area contributed by atoms with E-state index in [1.165, 1.54) is 31.0 Å². The van der Waals surface area contributed by atoms with Crippen LogP contribution in [0.3, 0.4) is 0 Å². The average Bonchev–Trinajstić information content (AvgIpc) is 2.38. The lowest BCUT2D eigenvalue weighted by Crippen LogP contribution is -2.29. The lowest BCUT2D eigenvalue weighted by Gasteiger charge is -2.29. The highest BCUT2D eigenvalue weighted by molar-refractivity contribution is 5.90. The second-order valence-electron chi connectivity index (χ2n) is 4.38. The fraction of sp³-hybridized carbons (Fsp3) is 0.357. The van der Waals surface area contributed by atoms with Crippen LogP contribution < -0.4 is 10.6 Å². The van der Waals surface area contributed by atoms with E-state index in [0.717, 1.165) is 18.7 Å². The maximum atomic E-state index is 10.7. The van der Waals surface area contributed by atoms with Gasteiger partial charge < -0.3 is 10.6 Å². The molecule has 0 aromatic heterocycles. The Morgan fingerprint density at radius 1 is 1.24 bits per heavy atom. The van der Waals surface area contributed by atoms with E-state index < -0.39 is 5.91 Å². The number of rotatable bonds is 3. The number of amides is 1. The van der Waals surface area contributed by atoms with Crippen molar-refractivity contribution in [1.82, 2.24) is 0 Å². The number of hydrogen-bond donors (Lipinski definition) is 1. The molecule has 2 rings (SSSR count). The highest BCUT2D eigenvalue weighted by atomic mass is 16.1. The number of carbonyl (C=O) groups excluding carboxylic acids is 1. The van der Waals surface area contributed by atoms with Crippen LogP contribution in [-0.4, -0.2) is 19.0 Å². The molecule has 1 amide bonds. The number of piperidine rings is 1. The van der Waals surface area contributed by atoms with Crippen molar-refractivity contribution >= 4 is 17.7 Å². The van der Waals surface area contributed by atoms with Gasteiger partial charge in [0.25, 0.3) is 0 Å². The molecular formula is C14H18N2O. The summed E-state index contributed by atoms with van der Waals surface area (Å²) < 4.78 is 0. The van der Waals surface area contributed by atoms with E-state index in [-0.39, 0.29) is 0 Å². The fourth-order valence-electron chi connectivity index (χ4n) is 2.16. The first-order valence-corrected chi connectivity index (χ1v) is 6.08. The van der Waals surface area contributed by atoms with Crippen molar-refractivity contribution in [3.8, 4) is 0 Å². The molecule has 0 unspecified atom stereocenters. The zero-order chi connectivity index (χ0) is 12.1. The number of anilines is 1. The molecular weight excluding hydrogens is 212 g/mol. The molecule has 3 nitrogen and oxygen atoms in total.